The molecule has 0 heterocycles. The van der Waals surface area contributed by atoms with Gasteiger partial charge in [0.05, 0.1) is 4.92 Å². The first kappa shape index (κ1) is 18.5. The molecule has 0 saturated heterocycles. The Morgan fingerprint density at radius 3 is 2.44 bits per heavy atom. The summed E-state index contributed by atoms with van der Waals surface area (Å²) in [6, 6.07) is 20.7. The molecule has 0 aliphatic heterocycles. The van der Waals surface area contributed by atoms with Crippen molar-refractivity contribution >= 4 is 11.4 Å². The minimum absolute atomic E-state index is 0.0817. The fourth-order valence-corrected chi connectivity index (χ4v) is 2.84. The molecular weight excluding hydrogens is 340 g/mol. The average molecular weight is 362 g/mol. The van der Waals surface area contributed by atoms with E-state index in [2.05, 4.69) is 43.4 Å². The highest BCUT2D eigenvalue weighted by Crippen LogP contribution is 2.20. The predicted octanol–water partition coefficient (Wildman–Crippen LogP) is 5.40. The van der Waals surface area contributed by atoms with Crippen LogP contribution in [0.2, 0.25) is 0 Å². The molecule has 0 spiro atoms. The van der Waals surface area contributed by atoms with Gasteiger partial charge < -0.3 is 10.1 Å². The fourth-order valence-electron chi connectivity index (χ4n) is 2.84. The van der Waals surface area contributed by atoms with Crippen LogP contribution in [0, 0.1) is 24.0 Å². The second kappa shape index (κ2) is 8.36. The van der Waals surface area contributed by atoms with Crippen molar-refractivity contribution in [2.75, 3.05) is 5.32 Å². The van der Waals surface area contributed by atoms with Gasteiger partial charge in [-0.25, -0.2) is 0 Å². The van der Waals surface area contributed by atoms with Crippen LogP contribution in [0.25, 0.3) is 0 Å². The number of nitro benzene ring substituents is 1. The van der Waals surface area contributed by atoms with Gasteiger partial charge in [0.2, 0.25) is 0 Å². The Hall–Kier alpha value is -3.34. The molecule has 5 nitrogen and oxygen atoms in total. The third-order valence-corrected chi connectivity index (χ3v) is 4.32. The number of hydrogen-bond acceptors (Lipinski definition) is 4. The van der Waals surface area contributed by atoms with Gasteiger partial charge in [0, 0.05) is 24.4 Å². The van der Waals surface area contributed by atoms with Gasteiger partial charge in [-0.3, -0.25) is 10.1 Å². The SMILES string of the molecule is Cc1ccc(NCc2cccc(OCc3ccc([N+](=O)[O-])cc3)c2)c(C)c1. The summed E-state index contributed by atoms with van der Waals surface area (Å²) >= 11 is 0. The Labute approximate surface area is 158 Å². The van der Waals surface area contributed by atoms with Crippen LogP contribution in [0.4, 0.5) is 11.4 Å². The third-order valence-electron chi connectivity index (χ3n) is 4.32. The van der Waals surface area contributed by atoms with Crippen molar-refractivity contribution in [1.29, 1.82) is 0 Å². The molecule has 0 aliphatic carbocycles. The van der Waals surface area contributed by atoms with Crippen molar-refractivity contribution in [2.45, 2.75) is 27.0 Å². The summed E-state index contributed by atoms with van der Waals surface area (Å²) in [6.45, 7) is 5.26. The van der Waals surface area contributed by atoms with Crippen LogP contribution in [0.5, 0.6) is 5.75 Å². The molecule has 0 amide bonds. The summed E-state index contributed by atoms with van der Waals surface area (Å²) in [5.74, 6) is 0.772. The number of nitrogens with one attached hydrogen (secondary N) is 1. The van der Waals surface area contributed by atoms with Crippen molar-refractivity contribution in [3.63, 3.8) is 0 Å². The van der Waals surface area contributed by atoms with E-state index in [1.165, 1.54) is 23.3 Å². The number of nitrogens with zero attached hydrogens (tertiary/aromatic N) is 1. The van der Waals surface area contributed by atoms with Crippen LogP contribution in [-0.4, -0.2) is 4.92 Å². The molecule has 1 N–H and O–H groups in total. The molecule has 3 rings (SSSR count). The Morgan fingerprint density at radius 1 is 0.963 bits per heavy atom. The molecule has 5 heteroatoms. The van der Waals surface area contributed by atoms with Gasteiger partial charge in [0.25, 0.3) is 5.69 Å². The number of benzene rings is 3. The Kier molecular flexibility index (Phi) is 5.71. The second-order valence-corrected chi connectivity index (χ2v) is 6.53. The van der Waals surface area contributed by atoms with Crippen LogP contribution in [0.3, 0.4) is 0 Å². The highest BCUT2D eigenvalue weighted by molar-refractivity contribution is 5.52. The smallest absolute Gasteiger partial charge is 0.269 e. The van der Waals surface area contributed by atoms with Crippen molar-refractivity contribution in [3.05, 3.63) is 99.1 Å². The summed E-state index contributed by atoms with van der Waals surface area (Å²) in [4.78, 5) is 10.3. The summed E-state index contributed by atoms with van der Waals surface area (Å²) in [6.07, 6.45) is 0. The summed E-state index contributed by atoms with van der Waals surface area (Å²) in [7, 11) is 0. The topological polar surface area (TPSA) is 64.4 Å². The van der Waals surface area contributed by atoms with Crippen LogP contribution >= 0.6 is 0 Å². The van der Waals surface area contributed by atoms with E-state index in [4.69, 9.17) is 4.74 Å². The molecule has 0 aliphatic rings. The average Bonchev–Trinajstić information content (AvgIpc) is 2.66. The molecule has 0 saturated carbocycles. The molecule has 27 heavy (non-hydrogen) atoms. The highest BCUT2D eigenvalue weighted by atomic mass is 16.6. The molecule has 0 fully saturated rings. The van der Waals surface area contributed by atoms with E-state index in [1.54, 1.807) is 12.1 Å². The number of aryl methyl sites for hydroxylation is 2. The Bertz CT molecular complexity index is 937. The van der Waals surface area contributed by atoms with Gasteiger partial charge in [-0.15, -0.1) is 0 Å². The zero-order valence-electron chi connectivity index (χ0n) is 15.4. The standard InChI is InChI=1S/C22H22N2O3/c1-16-6-11-22(17(2)12-16)23-14-19-4-3-5-21(13-19)27-15-18-7-9-20(10-8-18)24(25)26/h3-13,23H,14-15H2,1-2H3. The molecular formula is C22H22N2O3. The zero-order valence-corrected chi connectivity index (χ0v) is 15.4. The lowest BCUT2D eigenvalue weighted by molar-refractivity contribution is -0.384. The lowest BCUT2D eigenvalue weighted by Crippen LogP contribution is -2.02. The highest BCUT2D eigenvalue weighted by Gasteiger charge is 2.05. The predicted molar refractivity (Wildman–Crippen MR) is 107 cm³/mol. The van der Waals surface area contributed by atoms with E-state index in [0.29, 0.717) is 13.2 Å². The Balaban J connectivity index is 1.59. The fraction of sp³-hybridized carbons (Fsp3) is 0.182. The van der Waals surface area contributed by atoms with Gasteiger partial charge >= 0.3 is 0 Å². The van der Waals surface area contributed by atoms with Crippen LogP contribution < -0.4 is 10.1 Å². The molecule has 3 aromatic rings. The lowest BCUT2D eigenvalue weighted by Gasteiger charge is -2.12. The van der Waals surface area contributed by atoms with Crippen molar-refractivity contribution in [3.8, 4) is 5.75 Å². The molecule has 0 aromatic heterocycles. The van der Waals surface area contributed by atoms with Crippen LogP contribution in [0.1, 0.15) is 22.3 Å². The minimum Gasteiger partial charge on any atom is -0.489 e. The number of anilines is 1. The maximum Gasteiger partial charge on any atom is 0.269 e. The molecule has 3 aromatic carbocycles. The maximum atomic E-state index is 10.7. The molecule has 138 valence electrons. The van der Waals surface area contributed by atoms with Crippen molar-refractivity contribution in [2.24, 2.45) is 0 Å². The first-order valence-corrected chi connectivity index (χ1v) is 8.77. The first-order chi connectivity index (χ1) is 13.0. The summed E-state index contributed by atoms with van der Waals surface area (Å²) < 4.78 is 5.83. The second-order valence-electron chi connectivity index (χ2n) is 6.53. The van der Waals surface area contributed by atoms with Crippen LogP contribution in [0.15, 0.2) is 66.7 Å². The van der Waals surface area contributed by atoms with E-state index in [1.807, 2.05) is 18.2 Å². The van der Waals surface area contributed by atoms with Gasteiger partial charge in [-0.05, 0) is 60.9 Å². The number of hydrogen-bond donors (Lipinski definition) is 1. The van der Waals surface area contributed by atoms with Crippen molar-refractivity contribution < 1.29 is 9.66 Å². The number of non-ortho nitro benzene ring substituents is 1. The van der Waals surface area contributed by atoms with E-state index in [-0.39, 0.29) is 5.69 Å². The van der Waals surface area contributed by atoms with E-state index < -0.39 is 4.92 Å². The van der Waals surface area contributed by atoms with E-state index in [9.17, 15) is 10.1 Å². The third kappa shape index (κ3) is 5.07. The van der Waals surface area contributed by atoms with Gasteiger partial charge in [-0.2, -0.15) is 0 Å². The van der Waals surface area contributed by atoms with E-state index in [0.717, 1.165) is 22.6 Å². The molecule has 0 unspecified atom stereocenters. The first-order valence-electron chi connectivity index (χ1n) is 8.77. The number of ether oxygens (including phenoxy) is 1. The minimum atomic E-state index is -0.406. The van der Waals surface area contributed by atoms with E-state index >= 15 is 0 Å². The van der Waals surface area contributed by atoms with Gasteiger partial charge in [0.1, 0.15) is 12.4 Å². The summed E-state index contributed by atoms with van der Waals surface area (Å²) in [5.41, 5.74) is 5.69. The number of rotatable bonds is 7. The largest absolute Gasteiger partial charge is 0.489 e. The normalized spacial score (nSPS) is 10.4. The molecule has 0 atom stereocenters. The quantitative estimate of drug-likeness (QED) is 0.451. The zero-order chi connectivity index (χ0) is 19.2. The van der Waals surface area contributed by atoms with Crippen LogP contribution in [-0.2, 0) is 13.2 Å². The maximum absolute atomic E-state index is 10.7. The molecule has 0 radical (unpaired) electrons. The number of nitro groups is 1. The summed E-state index contributed by atoms with van der Waals surface area (Å²) in [5, 5.41) is 14.2. The molecule has 0 bridgehead atoms. The Morgan fingerprint density at radius 2 is 1.74 bits per heavy atom. The lowest BCUT2D eigenvalue weighted by atomic mass is 10.1. The van der Waals surface area contributed by atoms with Gasteiger partial charge in [0.15, 0.2) is 0 Å². The monoisotopic (exact) mass is 362 g/mol. The van der Waals surface area contributed by atoms with Crippen molar-refractivity contribution in [1.82, 2.24) is 0 Å². The van der Waals surface area contributed by atoms with Gasteiger partial charge in [-0.1, -0.05) is 29.8 Å².